The summed E-state index contributed by atoms with van der Waals surface area (Å²) in [4.78, 5) is -0.135. The number of benzene rings is 2. The highest BCUT2D eigenvalue weighted by atomic mass is 32.2. The highest BCUT2D eigenvalue weighted by Crippen LogP contribution is 2.18. The molecule has 0 fully saturated rings. The SMILES string of the molecule is C=CCc1ccccc1OCC#CCNS(=O)(=O)c1cccc(F)c1. The summed E-state index contributed by atoms with van der Waals surface area (Å²) >= 11 is 0. The van der Waals surface area contributed by atoms with Crippen molar-refractivity contribution >= 4 is 10.0 Å². The number of rotatable bonds is 7. The van der Waals surface area contributed by atoms with E-state index in [0.29, 0.717) is 6.42 Å². The van der Waals surface area contributed by atoms with E-state index in [2.05, 4.69) is 23.1 Å². The molecule has 0 aliphatic rings. The van der Waals surface area contributed by atoms with Gasteiger partial charge in [0.15, 0.2) is 0 Å². The van der Waals surface area contributed by atoms with Gasteiger partial charge < -0.3 is 4.74 Å². The third-order valence-corrected chi connectivity index (χ3v) is 4.62. The molecule has 0 atom stereocenters. The van der Waals surface area contributed by atoms with Crippen LogP contribution in [0.4, 0.5) is 4.39 Å². The van der Waals surface area contributed by atoms with E-state index in [4.69, 9.17) is 4.74 Å². The Balaban J connectivity index is 1.86. The first-order valence-electron chi connectivity index (χ1n) is 7.55. The van der Waals surface area contributed by atoms with Gasteiger partial charge in [-0.05, 0) is 36.2 Å². The second kappa shape index (κ2) is 9.02. The normalized spacial score (nSPS) is 10.6. The van der Waals surface area contributed by atoms with Crippen LogP contribution in [-0.2, 0) is 16.4 Å². The molecule has 0 aliphatic heterocycles. The fourth-order valence-corrected chi connectivity index (χ4v) is 3.00. The van der Waals surface area contributed by atoms with E-state index in [-0.39, 0.29) is 18.0 Å². The lowest BCUT2D eigenvalue weighted by Crippen LogP contribution is -2.24. The van der Waals surface area contributed by atoms with Crippen LogP contribution in [0.15, 0.2) is 66.1 Å². The van der Waals surface area contributed by atoms with Gasteiger partial charge >= 0.3 is 0 Å². The lowest BCUT2D eigenvalue weighted by molar-refractivity contribution is 0.366. The van der Waals surface area contributed by atoms with E-state index in [1.54, 1.807) is 6.08 Å². The first-order chi connectivity index (χ1) is 12.0. The first kappa shape index (κ1) is 18.7. The highest BCUT2D eigenvalue weighted by Gasteiger charge is 2.12. The largest absolute Gasteiger partial charge is 0.481 e. The molecule has 2 aromatic carbocycles. The van der Waals surface area contributed by atoms with Crippen LogP contribution in [0.1, 0.15) is 5.56 Å². The molecule has 0 amide bonds. The third kappa shape index (κ3) is 5.75. The lowest BCUT2D eigenvalue weighted by Gasteiger charge is -2.07. The molecular formula is C19H18FNO3S. The fraction of sp³-hybridized carbons (Fsp3) is 0.158. The average molecular weight is 359 g/mol. The molecule has 2 rings (SSSR count). The zero-order valence-electron chi connectivity index (χ0n) is 13.5. The molecule has 0 radical (unpaired) electrons. The number of nitrogens with one attached hydrogen (secondary N) is 1. The summed E-state index contributed by atoms with van der Waals surface area (Å²) < 4.78 is 44.9. The number of halogens is 1. The van der Waals surface area contributed by atoms with Crippen LogP contribution in [0.3, 0.4) is 0 Å². The van der Waals surface area contributed by atoms with Gasteiger partial charge in [0.1, 0.15) is 18.2 Å². The van der Waals surface area contributed by atoms with E-state index in [1.807, 2.05) is 24.3 Å². The van der Waals surface area contributed by atoms with Crippen molar-refractivity contribution in [2.24, 2.45) is 0 Å². The Kier molecular flexibility index (Phi) is 6.75. The van der Waals surface area contributed by atoms with E-state index in [0.717, 1.165) is 17.4 Å². The maximum Gasteiger partial charge on any atom is 0.241 e. The zero-order valence-corrected chi connectivity index (χ0v) is 14.4. The second-order valence-corrected chi connectivity index (χ2v) is 6.79. The minimum absolute atomic E-state index is 0.0868. The number of para-hydroxylation sites is 1. The Morgan fingerprint density at radius 1 is 1.16 bits per heavy atom. The second-order valence-electron chi connectivity index (χ2n) is 5.02. The van der Waals surface area contributed by atoms with Gasteiger partial charge in [-0.1, -0.05) is 42.2 Å². The summed E-state index contributed by atoms with van der Waals surface area (Å²) in [6.45, 7) is 3.75. The molecule has 1 N–H and O–H groups in total. The summed E-state index contributed by atoms with van der Waals surface area (Å²) in [6, 6.07) is 12.4. The molecular weight excluding hydrogens is 341 g/mol. The van der Waals surface area contributed by atoms with Gasteiger partial charge in [-0.15, -0.1) is 6.58 Å². The van der Waals surface area contributed by atoms with Crippen molar-refractivity contribution in [2.75, 3.05) is 13.2 Å². The molecule has 2 aromatic rings. The van der Waals surface area contributed by atoms with Gasteiger partial charge in [-0.2, -0.15) is 4.72 Å². The molecule has 25 heavy (non-hydrogen) atoms. The van der Waals surface area contributed by atoms with Crippen LogP contribution >= 0.6 is 0 Å². The molecule has 0 aromatic heterocycles. The summed E-state index contributed by atoms with van der Waals surface area (Å²) in [5.41, 5.74) is 1.01. The van der Waals surface area contributed by atoms with Crippen molar-refractivity contribution in [3.63, 3.8) is 0 Å². The number of sulfonamides is 1. The maximum absolute atomic E-state index is 13.1. The quantitative estimate of drug-likeness (QED) is 0.611. The molecule has 130 valence electrons. The summed E-state index contributed by atoms with van der Waals surface area (Å²) in [5.74, 6) is 5.52. The molecule has 0 bridgehead atoms. The van der Waals surface area contributed by atoms with E-state index >= 15 is 0 Å². The Morgan fingerprint density at radius 3 is 2.72 bits per heavy atom. The monoisotopic (exact) mass is 359 g/mol. The Hall–Kier alpha value is -2.62. The van der Waals surface area contributed by atoms with Gasteiger partial charge in [0.05, 0.1) is 11.4 Å². The average Bonchev–Trinajstić information content (AvgIpc) is 2.59. The first-order valence-corrected chi connectivity index (χ1v) is 9.04. The Bertz CT molecular complexity index is 898. The molecule has 0 spiro atoms. The van der Waals surface area contributed by atoms with Crippen LogP contribution in [-0.4, -0.2) is 21.6 Å². The minimum Gasteiger partial charge on any atom is -0.481 e. The smallest absolute Gasteiger partial charge is 0.241 e. The molecule has 0 heterocycles. The number of hydrogen-bond acceptors (Lipinski definition) is 3. The van der Waals surface area contributed by atoms with Crippen LogP contribution in [0.25, 0.3) is 0 Å². The van der Waals surface area contributed by atoms with Crippen LogP contribution in [0.2, 0.25) is 0 Å². The van der Waals surface area contributed by atoms with E-state index < -0.39 is 15.8 Å². The minimum atomic E-state index is -3.78. The molecule has 0 aliphatic carbocycles. The lowest BCUT2D eigenvalue weighted by atomic mass is 10.1. The van der Waals surface area contributed by atoms with Crippen LogP contribution < -0.4 is 9.46 Å². The predicted octanol–water partition coefficient (Wildman–Crippen LogP) is 2.91. The summed E-state index contributed by atoms with van der Waals surface area (Å²) in [5, 5.41) is 0. The van der Waals surface area contributed by atoms with Crippen LogP contribution in [0.5, 0.6) is 5.75 Å². The molecule has 0 saturated carbocycles. The summed E-state index contributed by atoms with van der Waals surface area (Å²) in [7, 11) is -3.78. The summed E-state index contributed by atoms with van der Waals surface area (Å²) in [6.07, 6.45) is 2.48. The number of allylic oxidation sites excluding steroid dienone is 1. The van der Waals surface area contributed by atoms with Gasteiger partial charge in [0, 0.05) is 0 Å². The van der Waals surface area contributed by atoms with Gasteiger partial charge in [0.25, 0.3) is 0 Å². The van der Waals surface area contributed by atoms with Crippen molar-refractivity contribution in [3.05, 3.63) is 72.6 Å². The van der Waals surface area contributed by atoms with Crippen molar-refractivity contribution in [1.29, 1.82) is 0 Å². The molecule has 4 nitrogen and oxygen atoms in total. The maximum atomic E-state index is 13.1. The fourth-order valence-electron chi connectivity index (χ4n) is 2.04. The van der Waals surface area contributed by atoms with Crippen molar-refractivity contribution in [2.45, 2.75) is 11.3 Å². The topological polar surface area (TPSA) is 55.4 Å². The van der Waals surface area contributed by atoms with E-state index in [9.17, 15) is 12.8 Å². The Morgan fingerprint density at radius 2 is 1.96 bits per heavy atom. The highest BCUT2D eigenvalue weighted by molar-refractivity contribution is 7.89. The van der Waals surface area contributed by atoms with Crippen molar-refractivity contribution in [3.8, 4) is 17.6 Å². The van der Waals surface area contributed by atoms with Crippen molar-refractivity contribution < 1.29 is 17.5 Å². The van der Waals surface area contributed by atoms with Gasteiger partial charge in [0.2, 0.25) is 10.0 Å². The Labute approximate surface area is 147 Å². The zero-order chi connectivity index (χ0) is 18.1. The van der Waals surface area contributed by atoms with Crippen LogP contribution in [0, 0.1) is 17.7 Å². The molecule has 6 heteroatoms. The van der Waals surface area contributed by atoms with Gasteiger partial charge in [-0.25, -0.2) is 12.8 Å². The predicted molar refractivity (Wildman–Crippen MR) is 95.2 cm³/mol. The standard InChI is InChI=1S/C19H18FNO3S/c1-2-8-16-9-3-4-12-19(16)24-14-6-5-13-21-25(22,23)18-11-7-10-17(20)15-18/h2-4,7,9-12,15,21H,1,8,13-14H2. The number of ether oxygens (including phenoxy) is 1. The molecule has 0 saturated heterocycles. The molecule has 0 unspecified atom stereocenters. The number of hydrogen-bond donors (Lipinski definition) is 1. The van der Waals surface area contributed by atoms with Gasteiger partial charge in [-0.3, -0.25) is 0 Å². The van der Waals surface area contributed by atoms with Crippen molar-refractivity contribution in [1.82, 2.24) is 4.72 Å². The van der Waals surface area contributed by atoms with E-state index in [1.165, 1.54) is 18.2 Å². The third-order valence-electron chi connectivity index (χ3n) is 3.22.